The minimum atomic E-state index is -1.000. The number of carboxylic acids is 2. The van der Waals surface area contributed by atoms with Gasteiger partial charge < -0.3 is 24.7 Å². The molecule has 2 atom stereocenters. The van der Waals surface area contributed by atoms with Gasteiger partial charge in [0.05, 0.1) is 30.8 Å². The summed E-state index contributed by atoms with van der Waals surface area (Å²) in [5.74, 6) is -2.00. The number of hydrogen-bond donors (Lipinski definition) is 2. The summed E-state index contributed by atoms with van der Waals surface area (Å²) in [7, 11) is 3.59. The van der Waals surface area contributed by atoms with E-state index in [0.29, 0.717) is 74.3 Å². The van der Waals surface area contributed by atoms with E-state index in [9.17, 15) is 34.2 Å². The molecule has 6 aromatic rings. The van der Waals surface area contributed by atoms with E-state index in [1.807, 2.05) is 84.9 Å². The number of aliphatic carboxylic acids is 2. The van der Waals surface area contributed by atoms with Crippen LogP contribution in [0, 0.1) is 30.6 Å². The Hall–Kier alpha value is -7.05. The summed E-state index contributed by atoms with van der Waals surface area (Å²) in [6, 6.07) is 19.5. The zero-order chi connectivity index (χ0) is 53.5. The Morgan fingerprint density at radius 2 is 1.23 bits per heavy atom. The number of thiazole rings is 2. The summed E-state index contributed by atoms with van der Waals surface area (Å²) in [6.07, 6.45) is 15.9. The number of likely N-dealkylation sites (N-methyl/N-ethyl adjacent to an activating group) is 2. The highest BCUT2D eigenvalue weighted by atomic mass is 32.1. The van der Waals surface area contributed by atoms with Crippen molar-refractivity contribution in [3.63, 3.8) is 0 Å². The van der Waals surface area contributed by atoms with Crippen molar-refractivity contribution in [2.45, 2.75) is 122 Å². The van der Waals surface area contributed by atoms with Gasteiger partial charge in [-0.2, -0.15) is 0 Å². The minimum Gasteiger partial charge on any atom is -0.481 e. The van der Waals surface area contributed by atoms with Crippen molar-refractivity contribution in [1.29, 1.82) is 0 Å². The molecule has 2 unspecified atom stereocenters. The van der Waals surface area contributed by atoms with Crippen LogP contribution in [-0.2, 0) is 24.0 Å². The van der Waals surface area contributed by atoms with Gasteiger partial charge in [0, 0.05) is 83.6 Å². The van der Waals surface area contributed by atoms with Crippen molar-refractivity contribution in [2.24, 2.45) is 23.7 Å². The van der Waals surface area contributed by atoms with Crippen LogP contribution in [0.4, 0.5) is 21.8 Å². The van der Waals surface area contributed by atoms with Gasteiger partial charge >= 0.3 is 11.9 Å². The van der Waals surface area contributed by atoms with Crippen molar-refractivity contribution in [2.75, 3.05) is 40.2 Å². The first-order valence-corrected chi connectivity index (χ1v) is 28.8. The van der Waals surface area contributed by atoms with E-state index in [4.69, 9.17) is 24.7 Å². The van der Waals surface area contributed by atoms with Crippen LogP contribution in [0.2, 0.25) is 0 Å². The number of aryl methyl sites for hydroxylation is 1. The second kappa shape index (κ2) is 22.1. The average molecular weight is 1080 g/mol. The molecule has 1 aliphatic heterocycles. The molecule has 4 fully saturated rings. The van der Waals surface area contributed by atoms with Crippen LogP contribution in [-0.4, -0.2) is 92.5 Å². The third-order valence-corrected chi connectivity index (χ3v) is 17.8. The lowest BCUT2D eigenvalue weighted by molar-refractivity contribution is -0.141. The number of amides is 3. The largest absolute Gasteiger partial charge is 0.481 e. The summed E-state index contributed by atoms with van der Waals surface area (Å²) >= 11 is 2.64. The van der Waals surface area contributed by atoms with Crippen LogP contribution in [0.1, 0.15) is 108 Å². The molecule has 77 heavy (non-hydrogen) atoms. The fourth-order valence-corrected chi connectivity index (χ4v) is 13.7. The molecule has 11 rings (SSSR count). The SMILES string of the molecule is Cc1cc(-c2ccccc2-c2csc(N(C(=O)C(CC(=O)O)CC3CCCC3)C3CC3)n2)cnc1Oc1sc(N(C(=O)C(CC(=O)O)CC2CCCC2)C2CC2)nc1-c1ccccc1-c1cnc2c(c1)N(C)C(=O)CN2C. The Kier molecular flexibility index (Phi) is 15.0. The van der Waals surface area contributed by atoms with E-state index >= 15 is 0 Å². The zero-order valence-electron chi connectivity index (χ0n) is 43.7. The highest BCUT2D eigenvalue weighted by molar-refractivity contribution is 7.18. The molecule has 4 saturated carbocycles. The first-order valence-electron chi connectivity index (χ1n) is 27.2. The number of benzene rings is 2. The predicted molar refractivity (Wildman–Crippen MR) is 299 cm³/mol. The van der Waals surface area contributed by atoms with Crippen LogP contribution in [0.5, 0.6) is 10.9 Å². The number of carbonyl (C=O) groups excluding carboxylic acids is 3. The normalized spacial score (nSPS) is 17.6. The van der Waals surface area contributed by atoms with Gasteiger partial charge in [-0.25, -0.2) is 19.9 Å². The quantitative estimate of drug-likeness (QED) is 0.0732. The van der Waals surface area contributed by atoms with Crippen molar-refractivity contribution in [3.05, 3.63) is 84.0 Å². The van der Waals surface area contributed by atoms with Gasteiger partial charge in [0.25, 0.3) is 0 Å². The van der Waals surface area contributed by atoms with E-state index in [2.05, 4.69) is 0 Å². The number of carbonyl (C=O) groups is 5. The van der Waals surface area contributed by atoms with Gasteiger partial charge in [-0.3, -0.25) is 33.8 Å². The molecule has 0 spiro atoms. The van der Waals surface area contributed by atoms with Gasteiger partial charge in [0.1, 0.15) is 5.69 Å². The summed E-state index contributed by atoms with van der Waals surface area (Å²) in [4.78, 5) is 93.6. The third-order valence-electron chi connectivity index (χ3n) is 16.1. The number of aromatic nitrogens is 4. The fraction of sp³-hybridized carbons (Fsp3) is 0.441. The summed E-state index contributed by atoms with van der Waals surface area (Å²) < 4.78 is 6.89. The summed E-state index contributed by atoms with van der Waals surface area (Å²) in [6.45, 7) is 2.14. The Morgan fingerprint density at radius 1 is 0.701 bits per heavy atom. The molecule has 0 bridgehead atoms. The number of pyridine rings is 2. The molecule has 2 N–H and O–H groups in total. The molecule has 400 valence electrons. The molecular weight excluding hydrogens is 1010 g/mol. The molecule has 5 heterocycles. The van der Waals surface area contributed by atoms with E-state index in [1.165, 1.54) is 22.7 Å². The Bertz CT molecular complexity index is 3230. The monoisotopic (exact) mass is 1080 g/mol. The number of anilines is 4. The number of rotatable bonds is 20. The number of fused-ring (bicyclic) bond motifs is 1. The Morgan fingerprint density at radius 3 is 1.81 bits per heavy atom. The number of nitrogens with zero attached hydrogens (tertiary/aromatic N) is 8. The lowest BCUT2D eigenvalue weighted by Gasteiger charge is -2.32. The second-order valence-electron chi connectivity index (χ2n) is 21.8. The number of hydrogen-bond acceptors (Lipinski definition) is 13. The van der Waals surface area contributed by atoms with Crippen molar-refractivity contribution >= 4 is 74.1 Å². The Labute approximate surface area is 456 Å². The summed E-state index contributed by atoms with van der Waals surface area (Å²) in [5.41, 5.74) is 7.36. The van der Waals surface area contributed by atoms with Crippen LogP contribution < -0.4 is 24.3 Å². The molecule has 3 amide bonds. The lowest BCUT2D eigenvalue weighted by atomic mass is 9.90. The summed E-state index contributed by atoms with van der Waals surface area (Å²) in [5, 5.41) is 23.3. The molecule has 2 aromatic carbocycles. The topological polar surface area (TPSA) is 200 Å². The molecule has 5 aliphatic rings. The standard InChI is InChI=1S/C59H64N8O8S2/c1-34-24-39(43-16-8-10-18-45(43)47-33-76-58(62-47)66(41-20-21-41)55(73)37(28-50(69)70)25-35-12-4-5-13-35)31-61-54(34)75-57-52(46-19-11-9-17-44(46)40-27-48-53(60-30-40)64(2)32-49(68)65(48)3)63-59(77-57)67(42-22-23-42)56(74)38(29-51(71)72)26-36-14-6-7-15-36/h8-11,16-19,24,27,30-31,33,35-38,41-42H,4-7,12-15,20-23,25-26,28-29,32H2,1-3H3,(H,69,70)(H,71,72). The zero-order valence-corrected chi connectivity index (χ0v) is 45.4. The minimum absolute atomic E-state index is 0.00388. The molecule has 0 radical (unpaired) electrons. The maximum absolute atomic E-state index is 14.8. The maximum atomic E-state index is 14.8. The lowest BCUT2D eigenvalue weighted by Crippen LogP contribution is -2.42. The molecular formula is C59H64N8O8S2. The first-order chi connectivity index (χ1) is 37.3. The predicted octanol–water partition coefficient (Wildman–Crippen LogP) is 11.9. The fourth-order valence-electron chi connectivity index (χ4n) is 11.8. The van der Waals surface area contributed by atoms with Gasteiger partial charge in [-0.1, -0.05) is 111 Å². The van der Waals surface area contributed by atoms with Gasteiger partial charge in [-0.05, 0) is 80.5 Å². The van der Waals surface area contributed by atoms with Gasteiger partial charge in [-0.15, -0.1) is 11.3 Å². The van der Waals surface area contributed by atoms with E-state index < -0.39 is 23.8 Å². The Balaban J connectivity index is 0.932. The third kappa shape index (κ3) is 11.2. The van der Waals surface area contributed by atoms with Crippen molar-refractivity contribution in [1.82, 2.24) is 19.9 Å². The van der Waals surface area contributed by atoms with Gasteiger partial charge in [0.2, 0.25) is 28.7 Å². The second-order valence-corrected chi connectivity index (χ2v) is 23.6. The van der Waals surface area contributed by atoms with Crippen molar-refractivity contribution in [3.8, 4) is 55.7 Å². The van der Waals surface area contributed by atoms with E-state index in [-0.39, 0.29) is 49.2 Å². The first kappa shape index (κ1) is 52.0. The van der Waals surface area contributed by atoms with Crippen LogP contribution >= 0.6 is 22.7 Å². The van der Waals surface area contributed by atoms with Crippen LogP contribution in [0.25, 0.3) is 44.8 Å². The number of carboxylic acid groups (broad SMARTS) is 2. The van der Waals surface area contributed by atoms with Gasteiger partial charge in [0.15, 0.2) is 16.1 Å². The number of ether oxygens (including phenoxy) is 1. The molecule has 4 aromatic heterocycles. The van der Waals surface area contributed by atoms with E-state index in [0.717, 1.165) is 110 Å². The highest BCUT2D eigenvalue weighted by Gasteiger charge is 2.42. The molecule has 4 aliphatic carbocycles. The van der Waals surface area contributed by atoms with E-state index in [1.54, 1.807) is 34.1 Å². The van der Waals surface area contributed by atoms with Crippen LogP contribution in [0.15, 0.2) is 78.4 Å². The van der Waals surface area contributed by atoms with Crippen LogP contribution in [0.3, 0.4) is 0 Å². The average Bonchev–Trinajstić information content (AvgIpc) is 4.23. The van der Waals surface area contributed by atoms with Crippen molar-refractivity contribution < 1.29 is 38.9 Å². The smallest absolute Gasteiger partial charge is 0.304 e. The molecule has 16 nitrogen and oxygen atoms in total. The molecule has 0 saturated heterocycles. The molecule has 18 heteroatoms. The highest BCUT2D eigenvalue weighted by Crippen LogP contribution is 2.49. The maximum Gasteiger partial charge on any atom is 0.304 e.